The molecule has 0 spiro atoms. The zero-order valence-corrected chi connectivity index (χ0v) is 17.1. The number of nitrogens with zero attached hydrogens (tertiary/aromatic N) is 2. The SMILES string of the molecule is Cc1cccc(CNC(=O)c2ccc(CN3CC(=O)N4CSC[C@@H]4C3=O)cc2)c1. The number of rotatable bonds is 5. The third-order valence-electron chi connectivity index (χ3n) is 5.25. The van der Waals surface area contributed by atoms with Gasteiger partial charge in [-0.05, 0) is 30.2 Å². The van der Waals surface area contributed by atoms with Gasteiger partial charge in [0, 0.05) is 24.4 Å². The quantitative estimate of drug-likeness (QED) is 0.822. The van der Waals surface area contributed by atoms with Crippen LogP contribution < -0.4 is 5.32 Å². The van der Waals surface area contributed by atoms with Crippen LogP contribution in [0, 0.1) is 6.92 Å². The van der Waals surface area contributed by atoms with E-state index in [9.17, 15) is 14.4 Å². The van der Waals surface area contributed by atoms with Crippen LogP contribution in [0.5, 0.6) is 0 Å². The number of carbonyl (C=O) groups excluding carboxylic acids is 3. The first-order chi connectivity index (χ1) is 14.0. The Bertz CT molecular complexity index is 945. The summed E-state index contributed by atoms with van der Waals surface area (Å²) in [4.78, 5) is 40.6. The maximum absolute atomic E-state index is 12.6. The average molecular weight is 410 g/mol. The fourth-order valence-corrected chi connectivity index (χ4v) is 4.83. The largest absolute Gasteiger partial charge is 0.348 e. The smallest absolute Gasteiger partial charge is 0.251 e. The Hall–Kier alpha value is -2.80. The van der Waals surface area contributed by atoms with Crippen molar-refractivity contribution in [2.45, 2.75) is 26.1 Å². The predicted molar refractivity (Wildman–Crippen MR) is 112 cm³/mol. The van der Waals surface area contributed by atoms with Crippen molar-refractivity contribution >= 4 is 29.5 Å². The van der Waals surface area contributed by atoms with Gasteiger partial charge in [0.15, 0.2) is 0 Å². The molecule has 2 aromatic carbocycles. The summed E-state index contributed by atoms with van der Waals surface area (Å²) in [6, 6.07) is 14.9. The third-order valence-corrected chi connectivity index (χ3v) is 6.26. The molecule has 2 aromatic rings. The summed E-state index contributed by atoms with van der Waals surface area (Å²) >= 11 is 1.62. The van der Waals surface area contributed by atoms with Crippen molar-refractivity contribution in [1.82, 2.24) is 15.1 Å². The van der Waals surface area contributed by atoms with Gasteiger partial charge in [-0.1, -0.05) is 42.0 Å². The minimum atomic E-state index is -0.326. The summed E-state index contributed by atoms with van der Waals surface area (Å²) in [6.07, 6.45) is 0. The van der Waals surface area contributed by atoms with E-state index in [2.05, 4.69) is 5.32 Å². The minimum Gasteiger partial charge on any atom is -0.348 e. The van der Waals surface area contributed by atoms with Crippen molar-refractivity contribution in [3.8, 4) is 0 Å². The van der Waals surface area contributed by atoms with Gasteiger partial charge >= 0.3 is 0 Å². The Morgan fingerprint density at radius 3 is 2.69 bits per heavy atom. The highest BCUT2D eigenvalue weighted by Crippen LogP contribution is 2.26. The topological polar surface area (TPSA) is 69.7 Å². The fraction of sp³-hybridized carbons (Fsp3) is 0.318. The molecule has 2 saturated heterocycles. The monoisotopic (exact) mass is 409 g/mol. The highest BCUT2D eigenvalue weighted by Gasteiger charge is 2.42. The Morgan fingerprint density at radius 1 is 1.14 bits per heavy atom. The van der Waals surface area contributed by atoms with Crippen LogP contribution in [0.3, 0.4) is 0 Å². The van der Waals surface area contributed by atoms with Crippen molar-refractivity contribution in [2.75, 3.05) is 18.2 Å². The van der Waals surface area contributed by atoms with E-state index < -0.39 is 0 Å². The van der Waals surface area contributed by atoms with E-state index in [0.29, 0.717) is 30.3 Å². The molecule has 4 rings (SSSR count). The Labute approximate surface area is 174 Å². The molecule has 3 amide bonds. The van der Waals surface area contributed by atoms with Gasteiger partial charge < -0.3 is 15.1 Å². The molecule has 2 fully saturated rings. The van der Waals surface area contributed by atoms with E-state index >= 15 is 0 Å². The van der Waals surface area contributed by atoms with Crippen LogP contribution in [0.2, 0.25) is 0 Å². The highest BCUT2D eigenvalue weighted by molar-refractivity contribution is 7.99. The molecule has 0 bridgehead atoms. The van der Waals surface area contributed by atoms with Crippen molar-refractivity contribution in [3.05, 3.63) is 70.8 Å². The lowest BCUT2D eigenvalue weighted by molar-refractivity contribution is -0.153. The first-order valence-electron chi connectivity index (χ1n) is 9.60. The van der Waals surface area contributed by atoms with E-state index in [0.717, 1.165) is 16.7 Å². The summed E-state index contributed by atoms with van der Waals surface area (Å²) in [5.74, 6) is 1.15. The van der Waals surface area contributed by atoms with Crippen LogP contribution in [0.15, 0.2) is 48.5 Å². The molecule has 2 aliphatic rings. The van der Waals surface area contributed by atoms with Gasteiger partial charge in [0.2, 0.25) is 11.8 Å². The second-order valence-electron chi connectivity index (χ2n) is 7.44. The number of thioether (sulfide) groups is 1. The van der Waals surface area contributed by atoms with E-state index in [1.54, 1.807) is 33.7 Å². The zero-order chi connectivity index (χ0) is 20.4. The molecule has 1 N–H and O–H groups in total. The normalized spacial score (nSPS) is 18.7. The third kappa shape index (κ3) is 4.29. The van der Waals surface area contributed by atoms with Gasteiger partial charge in [-0.2, -0.15) is 0 Å². The number of hydrogen-bond acceptors (Lipinski definition) is 4. The van der Waals surface area contributed by atoms with Crippen LogP contribution >= 0.6 is 11.8 Å². The first kappa shape index (κ1) is 19.5. The average Bonchev–Trinajstić information content (AvgIpc) is 3.21. The van der Waals surface area contributed by atoms with Crippen LogP contribution in [-0.4, -0.2) is 51.7 Å². The number of hydrogen-bond donors (Lipinski definition) is 1. The molecule has 0 unspecified atom stereocenters. The van der Waals surface area contributed by atoms with E-state index in [-0.39, 0.29) is 30.3 Å². The number of amides is 3. The molecule has 7 heteroatoms. The van der Waals surface area contributed by atoms with Crippen LogP contribution in [-0.2, 0) is 22.7 Å². The molecule has 29 heavy (non-hydrogen) atoms. The number of benzene rings is 2. The molecular weight excluding hydrogens is 386 g/mol. The minimum absolute atomic E-state index is 0.00625. The fourth-order valence-electron chi connectivity index (χ4n) is 3.66. The van der Waals surface area contributed by atoms with E-state index in [1.807, 2.05) is 43.3 Å². The van der Waals surface area contributed by atoms with Crippen molar-refractivity contribution in [2.24, 2.45) is 0 Å². The van der Waals surface area contributed by atoms with Gasteiger partial charge in [0.1, 0.15) is 12.6 Å². The van der Waals surface area contributed by atoms with Crippen LogP contribution in [0.25, 0.3) is 0 Å². The van der Waals surface area contributed by atoms with Crippen LogP contribution in [0.4, 0.5) is 0 Å². The molecule has 0 radical (unpaired) electrons. The van der Waals surface area contributed by atoms with E-state index in [1.165, 1.54) is 0 Å². The number of fused-ring (bicyclic) bond motifs is 1. The molecule has 1 atom stereocenters. The lowest BCUT2D eigenvalue weighted by atomic mass is 10.1. The number of carbonyl (C=O) groups is 3. The van der Waals surface area contributed by atoms with Crippen molar-refractivity contribution in [1.29, 1.82) is 0 Å². The first-order valence-corrected chi connectivity index (χ1v) is 10.8. The number of piperazine rings is 1. The molecule has 0 saturated carbocycles. The summed E-state index contributed by atoms with van der Waals surface area (Å²) in [7, 11) is 0. The lowest BCUT2D eigenvalue weighted by Crippen LogP contribution is -2.57. The Balaban J connectivity index is 1.35. The summed E-state index contributed by atoms with van der Waals surface area (Å²) < 4.78 is 0. The summed E-state index contributed by atoms with van der Waals surface area (Å²) in [5.41, 5.74) is 3.69. The maximum atomic E-state index is 12.6. The zero-order valence-electron chi connectivity index (χ0n) is 16.3. The second-order valence-corrected chi connectivity index (χ2v) is 8.44. The summed E-state index contributed by atoms with van der Waals surface area (Å²) in [6.45, 7) is 3.00. The number of aryl methyl sites for hydroxylation is 1. The van der Waals surface area contributed by atoms with Gasteiger partial charge in [-0.15, -0.1) is 11.8 Å². The van der Waals surface area contributed by atoms with Gasteiger partial charge in [-0.3, -0.25) is 14.4 Å². The molecular formula is C22H23N3O3S. The van der Waals surface area contributed by atoms with E-state index in [4.69, 9.17) is 0 Å². The molecule has 6 nitrogen and oxygen atoms in total. The molecule has 2 aliphatic heterocycles. The molecule has 2 heterocycles. The molecule has 0 aliphatic carbocycles. The second kappa shape index (κ2) is 8.29. The standard InChI is InChI=1S/C22H23N3O3S/c1-15-3-2-4-17(9-15)10-23-21(27)18-7-5-16(6-8-18)11-24-12-20(26)25-14-29-13-19(25)22(24)28/h2-9,19H,10-14H2,1H3,(H,23,27)/t19-/m1/s1. The lowest BCUT2D eigenvalue weighted by Gasteiger charge is -2.35. The van der Waals surface area contributed by atoms with Crippen molar-refractivity contribution < 1.29 is 14.4 Å². The molecule has 150 valence electrons. The molecule has 0 aromatic heterocycles. The van der Waals surface area contributed by atoms with Gasteiger partial charge in [-0.25, -0.2) is 0 Å². The Kier molecular flexibility index (Phi) is 5.58. The highest BCUT2D eigenvalue weighted by atomic mass is 32.2. The van der Waals surface area contributed by atoms with Gasteiger partial charge in [0.25, 0.3) is 5.91 Å². The van der Waals surface area contributed by atoms with Gasteiger partial charge in [0.05, 0.1) is 5.88 Å². The van der Waals surface area contributed by atoms with Crippen molar-refractivity contribution in [3.63, 3.8) is 0 Å². The number of nitrogens with one attached hydrogen (secondary N) is 1. The predicted octanol–water partition coefficient (Wildman–Crippen LogP) is 2.17. The maximum Gasteiger partial charge on any atom is 0.251 e. The summed E-state index contributed by atoms with van der Waals surface area (Å²) in [5, 5.41) is 2.93. The Morgan fingerprint density at radius 2 is 1.93 bits per heavy atom. The van der Waals surface area contributed by atoms with Crippen LogP contribution in [0.1, 0.15) is 27.0 Å².